The monoisotopic (exact) mass is 888 g/mol. The third kappa shape index (κ3) is 11.7. The fourth-order valence-electron chi connectivity index (χ4n) is 8.38. The van der Waals surface area contributed by atoms with Gasteiger partial charge in [0.25, 0.3) is 20.2 Å². The van der Waals surface area contributed by atoms with Crippen molar-refractivity contribution in [3.63, 3.8) is 0 Å². The molecule has 0 radical (unpaired) electrons. The third-order valence-electron chi connectivity index (χ3n) is 11.8. The molecule has 0 heterocycles. The van der Waals surface area contributed by atoms with Crippen LogP contribution < -0.4 is 0 Å². The number of hydrogen-bond acceptors (Lipinski definition) is 4. The van der Waals surface area contributed by atoms with E-state index in [2.05, 4.69) is 106 Å². The molecule has 328 valence electrons. The molecule has 3 aromatic rings. The molecule has 0 aromatic heterocycles. The molecule has 3 aromatic carbocycles. The van der Waals surface area contributed by atoms with Gasteiger partial charge in [0.2, 0.25) is 0 Å². The lowest BCUT2D eigenvalue weighted by Crippen LogP contribution is -2.26. The second-order valence-electron chi connectivity index (χ2n) is 16.3. The van der Waals surface area contributed by atoms with Crippen molar-refractivity contribution in [2.75, 3.05) is 0 Å². The number of benzene rings is 3. The summed E-state index contributed by atoms with van der Waals surface area (Å²) in [6, 6.07) is 26.7. The Hall–Kier alpha value is -6.16. The van der Waals surface area contributed by atoms with Gasteiger partial charge in [0.05, 0.1) is 9.81 Å². The van der Waals surface area contributed by atoms with Crippen LogP contribution in [0.15, 0.2) is 228 Å². The number of rotatable bonds is 17. The highest BCUT2D eigenvalue weighted by molar-refractivity contribution is 7.90. The Morgan fingerprint density at radius 1 is 0.719 bits per heavy atom. The van der Waals surface area contributed by atoms with Gasteiger partial charge in [-0.1, -0.05) is 189 Å². The summed E-state index contributed by atoms with van der Waals surface area (Å²) >= 11 is 0. The van der Waals surface area contributed by atoms with Gasteiger partial charge in [0.15, 0.2) is 0 Å². The van der Waals surface area contributed by atoms with Gasteiger partial charge in [0, 0.05) is 5.92 Å². The normalized spacial score (nSPS) is 20.8. The van der Waals surface area contributed by atoms with Crippen LogP contribution in [0.3, 0.4) is 0 Å². The molecule has 0 saturated heterocycles. The summed E-state index contributed by atoms with van der Waals surface area (Å²) in [5.41, 5.74) is 11.3. The van der Waals surface area contributed by atoms with Crippen molar-refractivity contribution in [1.29, 1.82) is 0 Å². The highest BCUT2D eigenvalue weighted by atomic mass is 32.2. The molecule has 0 amide bonds. The number of allylic oxidation sites excluding steroid dienone is 22. The fourth-order valence-corrected chi connectivity index (χ4v) is 9.50. The van der Waals surface area contributed by atoms with Crippen molar-refractivity contribution in [1.82, 2.24) is 0 Å². The summed E-state index contributed by atoms with van der Waals surface area (Å²) in [4.78, 5) is -0.236. The summed E-state index contributed by atoms with van der Waals surface area (Å²) in [5, 5.41) is 0. The van der Waals surface area contributed by atoms with Crippen LogP contribution in [-0.2, 0) is 20.2 Å². The molecule has 8 heteroatoms. The molecular formula is C56H56O6S2. The van der Waals surface area contributed by atoms with Crippen molar-refractivity contribution in [2.45, 2.75) is 39.5 Å². The second kappa shape index (κ2) is 21.0. The van der Waals surface area contributed by atoms with E-state index in [9.17, 15) is 25.9 Å². The van der Waals surface area contributed by atoms with Crippen LogP contribution in [0.1, 0.15) is 53.5 Å². The molecular weight excluding hydrogens is 833 g/mol. The quantitative estimate of drug-likeness (QED) is 0.0459. The Kier molecular flexibility index (Phi) is 15.5. The van der Waals surface area contributed by atoms with Gasteiger partial charge in [-0.25, -0.2) is 0 Å². The molecule has 2 N–H and O–H groups in total. The van der Waals surface area contributed by atoms with E-state index in [1.54, 1.807) is 12.2 Å². The standard InChI is InChI=1S/C56H56O6S2/c1-7-9-10-14-17-53-51(45-30-34-49(35-31-45)64(60,61)62)36-37-52(46-28-20-40(4)21-29-46)55(53)42(6)23-22-41(5)54(38-43-24-32-48(33-25-43)63(57,58)59)56(47-15-12-11-13-16-47)50(8-2)44-26-18-39(3)19-27-44/h7-8,11-24,26-30,32-38,43,45,51,53H,1-2,5-6,9-10,25,31H2,3-4H3,(H,57,58,59)(H,60,61,62)/b17-14+,23-22-,54-38+,56-50+. The first kappa shape index (κ1) is 47.3. The molecule has 3 aliphatic carbocycles. The summed E-state index contributed by atoms with van der Waals surface area (Å²) in [6.45, 7) is 21.7. The molecule has 6 nitrogen and oxygen atoms in total. The summed E-state index contributed by atoms with van der Waals surface area (Å²) < 4.78 is 67.6. The first-order chi connectivity index (χ1) is 30.6. The van der Waals surface area contributed by atoms with Crippen LogP contribution in [-0.4, -0.2) is 25.9 Å². The Morgan fingerprint density at radius 3 is 1.91 bits per heavy atom. The zero-order valence-electron chi connectivity index (χ0n) is 36.5. The van der Waals surface area contributed by atoms with Crippen LogP contribution >= 0.6 is 0 Å². The Balaban J connectivity index is 1.50. The zero-order chi connectivity index (χ0) is 46.0. The van der Waals surface area contributed by atoms with E-state index in [0.29, 0.717) is 18.4 Å². The van der Waals surface area contributed by atoms with Crippen molar-refractivity contribution >= 4 is 37.0 Å². The van der Waals surface area contributed by atoms with Gasteiger partial charge >= 0.3 is 0 Å². The molecule has 0 spiro atoms. The minimum Gasteiger partial charge on any atom is -0.282 e. The second-order valence-corrected chi connectivity index (χ2v) is 19.2. The summed E-state index contributed by atoms with van der Waals surface area (Å²) in [7, 11) is -8.70. The predicted octanol–water partition coefficient (Wildman–Crippen LogP) is 13.5. The maximum absolute atomic E-state index is 12.0. The smallest absolute Gasteiger partial charge is 0.282 e. The van der Waals surface area contributed by atoms with Crippen LogP contribution in [0.25, 0.3) is 16.7 Å². The highest BCUT2D eigenvalue weighted by Gasteiger charge is 2.33. The fraction of sp³-hybridized carbons (Fsp3) is 0.179. The maximum Gasteiger partial charge on any atom is 0.294 e. The number of hydrogen-bond donors (Lipinski definition) is 2. The summed E-state index contributed by atoms with van der Waals surface area (Å²) in [6.07, 6.45) is 30.7. The Bertz CT molecular complexity index is 2840. The van der Waals surface area contributed by atoms with Crippen LogP contribution in [0.4, 0.5) is 0 Å². The molecule has 0 fully saturated rings. The largest absolute Gasteiger partial charge is 0.294 e. The molecule has 0 aliphatic heterocycles. The third-order valence-corrected chi connectivity index (χ3v) is 13.6. The minimum atomic E-state index is -4.37. The van der Waals surface area contributed by atoms with E-state index in [4.69, 9.17) is 6.58 Å². The number of aryl methyl sites for hydroxylation is 2. The first-order valence-corrected chi connectivity index (χ1v) is 24.2. The van der Waals surface area contributed by atoms with Gasteiger partial charge in [-0.3, -0.25) is 9.11 Å². The van der Waals surface area contributed by atoms with Crippen molar-refractivity contribution in [3.8, 4) is 0 Å². The lowest BCUT2D eigenvalue weighted by Gasteiger charge is -2.35. The molecule has 4 atom stereocenters. The van der Waals surface area contributed by atoms with E-state index in [1.165, 1.54) is 18.2 Å². The van der Waals surface area contributed by atoms with Gasteiger partial charge in [-0.05, 0) is 125 Å². The first-order valence-electron chi connectivity index (χ1n) is 21.4. The average Bonchev–Trinajstić information content (AvgIpc) is 3.28. The molecule has 64 heavy (non-hydrogen) atoms. The predicted molar refractivity (Wildman–Crippen MR) is 267 cm³/mol. The van der Waals surface area contributed by atoms with Gasteiger partial charge in [-0.15, -0.1) is 6.58 Å². The van der Waals surface area contributed by atoms with Crippen LogP contribution in [0.5, 0.6) is 0 Å². The van der Waals surface area contributed by atoms with Crippen molar-refractivity contribution in [3.05, 3.63) is 256 Å². The SMILES string of the molecule is C=CCC/C=C/C1C(C(=C)/C=C\C(=C)C(=C\C2C=CC(S(=O)(=O)O)=CC2)/C(=C(\C=C)c2ccc(C)cc2)c2ccccc2)=C(c2ccc(C)cc2)C=CC1C1C=CC(S(=O)(=O)O)=CC1. The topological polar surface area (TPSA) is 109 Å². The van der Waals surface area contributed by atoms with Crippen LogP contribution in [0.2, 0.25) is 0 Å². The highest BCUT2D eigenvalue weighted by Crippen LogP contribution is 2.45. The number of unbranched alkanes of at least 4 members (excludes halogenated alkanes) is 1. The van der Waals surface area contributed by atoms with E-state index in [-0.39, 0.29) is 33.5 Å². The van der Waals surface area contributed by atoms with Crippen LogP contribution in [0, 0.1) is 37.5 Å². The molecule has 0 bridgehead atoms. The minimum absolute atomic E-state index is 0.0664. The summed E-state index contributed by atoms with van der Waals surface area (Å²) in [5.74, 6) is -0.532. The van der Waals surface area contributed by atoms with Gasteiger partial charge in [0.1, 0.15) is 0 Å². The average molecular weight is 889 g/mol. The molecule has 3 aliphatic rings. The Morgan fingerprint density at radius 2 is 1.34 bits per heavy atom. The van der Waals surface area contributed by atoms with Gasteiger partial charge in [-0.2, -0.15) is 16.8 Å². The van der Waals surface area contributed by atoms with E-state index in [1.807, 2.05) is 67.6 Å². The zero-order valence-corrected chi connectivity index (χ0v) is 38.1. The van der Waals surface area contributed by atoms with Gasteiger partial charge < -0.3 is 0 Å². The molecule has 6 rings (SSSR count). The van der Waals surface area contributed by atoms with Crippen molar-refractivity contribution < 1.29 is 25.9 Å². The Labute approximate surface area is 380 Å². The molecule has 4 unspecified atom stereocenters. The van der Waals surface area contributed by atoms with E-state index >= 15 is 0 Å². The van der Waals surface area contributed by atoms with Crippen molar-refractivity contribution in [2.24, 2.45) is 23.7 Å². The molecule has 0 saturated carbocycles. The van der Waals surface area contributed by atoms with E-state index < -0.39 is 20.2 Å². The lowest BCUT2D eigenvalue weighted by atomic mass is 9.68. The lowest BCUT2D eigenvalue weighted by molar-refractivity contribution is 0.406. The van der Waals surface area contributed by atoms with E-state index in [0.717, 1.165) is 74.1 Å². The maximum atomic E-state index is 12.0.